The summed E-state index contributed by atoms with van der Waals surface area (Å²) in [6, 6.07) is 8.29. The zero-order valence-corrected chi connectivity index (χ0v) is 14.1. The molecule has 2 heterocycles. The van der Waals surface area contributed by atoms with Gasteiger partial charge in [-0.2, -0.15) is 0 Å². The molecule has 0 bridgehead atoms. The first kappa shape index (κ1) is 15.6. The summed E-state index contributed by atoms with van der Waals surface area (Å²) < 4.78 is 5.29. The van der Waals surface area contributed by atoms with Crippen LogP contribution in [-0.2, 0) is 6.54 Å². The Morgan fingerprint density at radius 2 is 1.87 bits per heavy atom. The van der Waals surface area contributed by atoms with Crippen LogP contribution in [0.4, 0.5) is 0 Å². The van der Waals surface area contributed by atoms with Crippen molar-refractivity contribution in [3.63, 3.8) is 0 Å². The standard InChI is InChI=1S/C18H22N4O/c1-5-15(18-12(3)22-23-13(18)4)19-10-17-20-11(2)14-8-6-7-9-16(14)21-17/h6-9,15,19H,5,10H2,1-4H3. The highest BCUT2D eigenvalue weighted by Crippen LogP contribution is 2.24. The van der Waals surface area contributed by atoms with Crippen molar-refractivity contribution in [2.75, 3.05) is 0 Å². The van der Waals surface area contributed by atoms with Gasteiger partial charge in [0.1, 0.15) is 11.6 Å². The van der Waals surface area contributed by atoms with E-state index in [4.69, 9.17) is 4.52 Å². The maximum Gasteiger partial charge on any atom is 0.143 e. The number of nitrogens with one attached hydrogen (secondary N) is 1. The summed E-state index contributed by atoms with van der Waals surface area (Å²) in [6.45, 7) is 8.73. The lowest BCUT2D eigenvalue weighted by Gasteiger charge is -2.16. The Morgan fingerprint density at radius 3 is 2.57 bits per heavy atom. The molecule has 3 aromatic rings. The number of aromatic nitrogens is 3. The van der Waals surface area contributed by atoms with Crippen LogP contribution in [0, 0.1) is 20.8 Å². The SMILES string of the molecule is CCC(NCc1nc(C)c2ccccc2n1)c1c(C)noc1C. The van der Waals surface area contributed by atoms with Crippen LogP contribution in [0.2, 0.25) is 0 Å². The molecule has 5 heteroatoms. The van der Waals surface area contributed by atoms with Crippen molar-refractivity contribution in [3.8, 4) is 0 Å². The molecular formula is C18H22N4O. The van der Waals surface area contributed by atoms with Gasteiger partial charge in [0.15, 0.2) is 0 Å². The summed E-state index contributed by atoms with van der Waals surface area (Å²) in [6.07, 6.45) is 0.954. The van der Waals surface area contributed by atoms with Crippen LogP contribution in [0.15, 0.2) is 28.8 Å². The summed E-state index contributed by atoms with van der Waals surface area (Å²) in [5.74, 6) is 1.68. The second kappa shape index (κ2) is 6.46. The first-order chi connectivity index (χ1) is 11.1. The lowest BCUT2D eigenvalue weighted by Crippen LogP contribution is -2.22. The largest absolute Gasteiger partial charge is 0.361 e. The van der Waals surface area contributed by atoms with Gasteiger partial charge in [0.25, 0.3) is 0 Å². The fraction of sp³-hybridized carbons (Fsp3) is 0.389. The first-order valence-electron chi connectivity index (χ1n) is 7.98. The van der Waals surface area contributed by atoms with Gasteiger partial charge in [-0.15, -0.1) is 0 Å². The second-order valence-corrected chi connectivity index (χ2v) is 5.82. The van der Waals surface area contributed by atoms with E-state index in [0.717, 1.165) is 45.9 Å². The fourth-order valence-electron chi connectivity index (χ4n) is 3.03. The minimum absolute atomic E-state index is 0.191. The van der Waals surface area contributed by atoms with Crippen molar-refractivity contribution >= 4 is 10.9 Å². The molecule has 0 aliphatic heterocycles. The lowest BCUT2D eigenvalue weighted by atomic mass is 10.0. The maximum absolute atomic E-state index is 5.29. The van der Waals surface area contributed by atoms with Crippen molar-refractivity contribution in [3.05, 3.63) is 52.8 Å². The van der Waals surface area contributed by atoms with E-state index in [9.17, 15) is 0 Å². The van der Waals surface area contributed by atoms with Crippen molar-refractivity contribution < 1.29 is 4.52 Å². The molecule has 3 rings (SSSR count). The molecule has 1 N–H and O–H groups in total. The zero-order valence-electron chi connectivity index (χ0n) is 14.1. The van der Waals surface area contributed by atoms with E-state index in [0.29, 0.717) is 6.54 Å². The molecule has 0 aliphatic carbocycles. The summed E-state index contributed by atoms with van der Waals surface area (Å²) >= 11 is 0. The molecule has 2 aromatic heterocycles. The van der Waals surface area contributed by atoms with Gasteiger partial charge in [0.2, 0.25) is 0 Å². The van der Waals surface area contributed by atoms with Crippen LogP contribution in [0.25, 0.3) is 10.9 Å². The van der Waals surface area contributed by atoms with Gasteiger partial charge in [0, 0.05) is 22.7 Å². The summed E-state index contributed by atoms with van der Waals surface area (Å²) in [7, 11) is 0. The van der Waals surface area contributed by atoms with Gasteiger partial charge in [0.05, 0.1) is 17.8 Å². The number of rotatable bonds is 5. The number of hydrogen-bond acceptors (Lipinski definition) is 5. The van der Waals surface area contributed by atoms with Crippen LogP contribution in [0.1, 0.15) is 47.9 Å². The predicted octanol–water partition coefficient (Wildman–Crippen LogP) is 3.78. The molecule has 0 fully saturated rings. The summed E-state index contributed by atoms with van der Waals surface area (Å²) in [5.41, 5.74) is 4.09. The van der Waals surface area contributed by atoms with Crippen molar-refractivity contribution in [1.29, 1.82) is 0 Å². The highest BCUT2D eigenvalue weighted by atomic mass is 16.5. The Bertz CT molecular complexity index is 805. The van der Waals surface area contributed by atoms with Gasteiger partial charge in [-0.05, 0) is 33.3 Å². The molecular weight excluding hydrogens is 288 g/mol. The van der Waals surface area contributed by atoms with Crippen LogP contribution in [0.3, 0.4) is 0 Å². The number of nitrogens with zero attached hydrogens (tertiary/aromatic N) is 3. The number of aryl methyl sites for hydroxylation is 3. The Morgan fingerprint density at radius 1 is 1.09 bits per heavy atom. The highest BCUT2D eigenvalue weighted by molar-refractivity contribution is 5.80. The fourth-order valence-corrected chi connectivity index (χ4v) is 3.03. The third-order valence-corrected chi connectivity index (χ3v) is 4.19. The van der Waals surface area contributed by atoms with Crippen molar-refractivity contribution in [2.24, 2.45) is 0 Å². The number of hydrogen-bond donors (Lipinski definition) is 1. The number of para-hydroxylation sites is 1. The first-order valence-corrected chi connectivity index (χ1v) is 7.98. The quantitative estimate of drug-likeness (QED) is 0.777. The third kappa shape index (κ3) is 3.10. The molecule has 0 aliphatic rings. The predicted molar refractivity (Wildman–Crippen MR) is 90.1 cm³/mol. The topological polar surface area (TPSA) is 63.8 Å². The second-order valence-electron chi connectivity index (χ2n) is 5.82. The van der Waals surface area contributed by atoms with Crippen LogP contribution in [0.5, 0.6) is 0 Å². The van der Waals surface area contributed by atoms with E-state index in [1.165, 1.54) is 0 Å². The number of fused-ring (bicyclic) bond motifs is 1. The van der Waals surface area contributed by atoms with E-state index in [-0.39, 0.29) is 6.04 Å². The number of benzene rings is 1. The van der Waals surface area contributed by atoms with Gasteiger partial charge >= 0.3 is 0 Å². The smallest absolute Gasteiger partial charge is 0.143 e. The van der Waals surface area contributed by atoms with Gasteiger partial charge in [-0.25, -0.2) is 9.97 Å². The molecule has 0 spiro atoms. The average molecular weight is 310 g/mol. The Balaban J connectivity index is 1.82. The minimum atomic E-state index is 0.191. The normalized spacial score (nSPS) is 12.7. The van der Waals surface area contributed by atoms with Crippen molar-refractivity contribution in [1.82, 2.24) is 20.4 Å². The average Bonchev–Trinajstić information content (AvgIpc) is 2.88. The Kier molecular flexibility index (Phi) is 4.39. The lowest BCUT2D eigenvalue weighted by molar-refractivity contribution is 0.389. The molecule has 120 valence electrons. The van der Waals surface area contributed by atoms with Gasteiger partial charge < -0.3 is 9.84 Å². The Labute approximate surface area is 136 Å². The van der Waals surface area contributed by atoms with Crippen molar-refractivity contribution in [2.45, 2.75) is 46.7 Å². The van der Waals surface area contributed by atoms with Gasteiger partial charge in [-0.1, -0.05) is 30.3 Å². The minimum Gasteiger partial charge on any atom is -0.361 e. The van der Waals surface area contributed by atoms with E-state index >= 15 is 0 Å². The molecule has 1 atom stereocenters. The van der Waals surface area contributed by atoms with E-state index in [1.54, 1.807) is 0 Å². The highest BCUT2D eigenvalue weighted by Gasteiger charge is 2.19. The monoisotopic (exact) mass is 310 g/mol. The van der Waals surface area contributed by atoms with Crippen LogP contribution in [-0.4, -0.2) is 15.1 Å². The van der Waals surface area contributed by atoms with E-state index in [2.05, 4.69) is 33.4 Å². The molecule has 0 saturated heterocycles. The Hall–Kier alpha value is -2.27. The van der Waals surface area contributed by atoms with E-state index < -0.39 is 0 Å². The summed E-state index contributed by atoms with van der Waals surface area (Å²) in [4.78, 5) is 9.28. The van der Waals surface area contributed by atoms with Gasteiger partial charge in [-0.3, -0.25) is 0 Å². The maximum atomic E-state index is 5.29. The van der Waals surface area contributed by atoms with Crippen LogP contribution >= 0.6 is 0 Å². The molecule has 0 radical (unpaired) electrons. The molecule has 5 nitrogen and oxygen atoms in total. The molecule has 23 heavy (non-hydrogen) atoms. The third-order valence-electron chi connectivity index (χ3n) is 4.19. The molecule has 1 aromatic carbocycles. The molecule has 0 amide bonds. The van der Waals surface area contributed by atoms with E-state index in [1.807, 2.05) is 39.0 Å². The summed E-state index contributed by atoms with van der Waals surface area (Å²) in [5, 5.41) is 8.69. The zero-order chi connectivity index (χ0) is 16.4. The molecule has 1 unspecified atom stereocenters. The molecule has 0 saturated carbocycles. The van der Waals surface area contributed by atoms with Crippen LogP contribution < -0.4 is 5.32 Å².